The van der Waals surface area contributed by atoms with Gasteiger partial charge in [0.25, 0.3) is 5.91 Å². The first-order valence-corrected chi connectivity index (χ1v) is 7.74. The number of hydrogen-bond acceptors (Lipinski definition) is 4. The molecular weight excluding hydrogens is 294 g/mol. The van der Waals surface area contributed by atoms with Gasteiger partial charge in [0.1, 0.15) is 10.6 Å². The first-order valence-electron chi connectivity index (χ1n) is 6.59. The van der Waals surface area contributed by atoms with Crippen LogP contribution in [0.1, 0.15) is 35.9 Å². The number of aromatic nitrogens is 2. The lowest BCUT2D eigenvalue weighted by Crippen LogP contribution is -2.24. The van der Waals surface area contributed by atoms with E-state index in [4.69, 9.17) is 11.6 Å². The maximum absolute atomic E-state index is 12.1. The fourth-order valence-corrected chi connectivity index (χ4v) is 2.52. The molecule has 2 rings (SSSR count). The van der Waals surface area contributed by atoms with Gasteiger partial charge in [-0.2, -0.15) is 0 Å². The lowest BCUT2D eigenvalue weighted by molar-refractivity contribution is 0.0957. The van der Waals surface area contributed by atoms with Crippen LogP contribution in [0.15, 0.2) is 24.3 Å². The van der Waals surface area contributed by atoms with Crippen LogP contribution in [0.3, 0.4) is 0 Å². The van der Waals surface area contributed by atoms with Gasteiger partial charge in [-0.05, 0) is 30.1 Å². The average Bonchev–Trinajstić information content (AvgIpc) is 2.93. The monoisotopic (exact) mass is 309 g/mol. The molecule has 1 N–H and O–H groups in total. The Morgan fingerprint density at radius 1 is 1.30 bits per heavy atom. The molecule has 0 atom stereocenters. The third-order valence-electron chi connectivity index (χ3n) is 2.88. The van der Waals surface area contributed by atoms with Crippen molar-refractivity contribution in [1.82, 2.24) is 14.9 Å². The standard InChI is InChI=1S/C14H16ClN3OS/c1-2-3-4-9-16-14(19)13-12(17-18-20-13)10-5-7-11(15)8-6-10/h5-8H,2-4,9H2,1H3,(H,16,19). The molecule has 1 aromatic heterocycles. The van der Waals surface area contributed by atoms with E-state index in [1.807, 2.05) is 12.1 Å². The van der Waals surface area contributed by atoms with Crippen molar-refractivity contribution in [3.8, 4) is 11.3 Å². The second-order valence-electron chi connectivity index (χ2n) is 4.42. The van der Waals surface area contributed by atoms with Gasteiger partial charge in [0.05, 0.1) is 0 Å². The maximum Gasteiger partial charge on any atom is 0.265 e. The predicted molar refractivity (Wildman–Crippen MR) is 82.2 cm³/mol. The number of carbonyl (C=O) groups excluding carboxylic acids is 1. The molecule has 0 aliphatic carbocycles. The molecule has 4 nitrogen and oxygen atoms in total. The number of benzene rings is 1. The van der Waals surface area contributed by atoms with Crippen molar-refractivity contribution >= 4 is 29.0 Å². The SMILES string of the molecule is CCCCCNC(=O)c1snnc1-c1ccc(Cl)cc1. The Bertz CT molecular complexity index is 568. The summed E-state index contributed by atoms with van der Waals surface area (Å²) in [4.78, 5) is 12.7. The summed E-state index contributed by atoms with van der Waals surface area (Å²) < 4.78 is 3.88. The van der Waals surface area contributed by atoms with Crippen molar-refractivity contribution in [2.24, 2.45) is 0 Å². The smallest absolute Gasteiger partial charge is 0.265 e. The highest BCUT2D eigenvalue weighted by Crippen LogP contribution is 2.25. The van der Waals surface area contributed by atoms with E-state index >= 15 is 0 Å². The second-order valence-corrected chi connectivity index (χ2v) is 5.61. The number of amides is 1. The molecule has 20 heavy (non-hydrogen) atoms. The lowest BCUT2D eigenvalue weighted by Gasteiger charge is -2.04. The first kappa shape index (κ1) is 14.9. The van der Waals surface area contributed by atoms with Crippen molar-refractivity contribution in [3.63, 3.8) is 0 Å². The molecule has 106 valence electrons. The topological polar surface area (TPSA) is 54.9 Å². The van der Waals surface area contributed by atoms with E-state index in [1.165, 1.54) is 0 Å². The molecule has 0 saturated carbocycles. The van der Waals surface area contributed by atoms with Crippen LogP contribution in [0, 0.1) is 0 Å². The summed E-state index contributed by atoms with van der Waals surface area (Å²) in [6, 6.07) is 7.23. The highest BCUT2D eigenvalue weighted by Gasteiger charge is 2.17. The third kappa shape index (κ3) is 3.77. The molecule has 0 fully saturated rings. The van der Waals surface area contributed by atoms with E-state index in [9.17, 15) is 4.79 Å². The minimum Gasteiger partial charge on any atom is -0.351 e. The molecule has 0 aliphatic rings. The molecule has 1 heterocycles. The zero-order valence-corrected chi connectivity index (χ0v) is 12.8. The molecule has 0 bridgehead atoms. The molecule has 0 radical (unpaired) electrons. The molecule has 2 aromatic rings. The molecular formula is C14H16ClN3OS. The summed E-state index contributed by atoms with van der Waals surface area (Å²) in [5.41, 5.74) is 1.46. The van der Waals surface area contributed by atoms with Crippen LogP contribution in [-0.4, -0.2) is 22.0 Å². The predicted octanol–water partition coefficient (Wildman–Crippen LogP) is 3.78. The molecule has 0 spiro atoms. The minimum absolute atomic E-state index is 0.110. The van der Waals surface area contributed by atoms with E-state index in [0.717, 1.165) is 36.4 Å². The van der Waals surface area contributed by atoms with E-state index in [1.54, 1.807) is 12.1 Å². The summed E-state index contributed by atoms with van der Waals surface area (Å²) in [5.74, 6) is -0.110. The fourth-order valence-electron chi connectivity index (χ4n) is 1.79. The molecule has 6 heteroatoms. The summed E-state index contributed by atoms with van der Waals surface area (Å²) in [6.45, 7) is 2.82. The van der Waals surface area contributed by atoms with Gasteiger partial charge < -0.3 is 5.32 Å². The molecule has 0 saturated heterocycles. The van der Waals surface area contributed by atoms with Gasteiger partial charge in [0.15, 0.2) is 0 Å². The Kier molecular flexibility index (Phi) is 5.49. The van der Waals surface area contributed by atoms with Gasteiger partial charge in [-0.25, -0.2) is 0 Å². The Morgan fingerprint density at radius 2 is 2.05 bits per heavy atom. The van der Waals surface area contributed by atoms with Gasteiger partial charge in [-0.15, -0.1) is 5.10 Å². The van der Waals surface area contributed by atoms with Crippen LogP contribution in [0.2, 0.25) is 5.02 Å². The number of nitrogens with one attached hydrogen (secondary N) is 1. The van der Waals surface area contributed by atoms with Crippen molar-refractivity contribution in [2.75, 3.05) is 6.54 Å². The minimum atomic E-state index is -0.110. The molecule has 1 aromatic carbocycles. The Balaban J connectivity index is 2.08. The average molecular weight is 310 g/mol. The van der Waals surface area contributed by atoms with Crippen molar-refractivity contribution in [1.29, 1.82) is 0 Å². The van der Waals surface area contributed by atoms with Crippen molar-refractivity contribution in [3.05, 3.63) is 34.2 Å². The van der Waals surface area contributed by atoms with E-state index in [2.05, 4.69) is 21.8 Å². The van der Waals surface area contributed by atoms with E-state index in [0.29, 0.717) is 22.1 Å². The summed E-state index contributed by atoms with van der Waals surface area (Å²) in [7, 11) is 0. The molecule has 0 aliphatic heterocycles. The van der Waals surface area contributed by atoms with Crippen LogP contribution in [-0.2, 0) is 0 Å². The van der Waals surface area contributed by atoms with Gasteiger partial charge in [-0.1, -0.05) is 48.0 Å². The maximum atomic E-state index is 12.1. The summed E-state index contributed by atoms with van der Waals surface area (Å²) >= 11 is 6.98. The number of unbranched alkanes of at least 4 members (excludes halogenated alkanes) is 2. The van der Waals surface area contributed by atoms with Crippen LogP contribution in [0.5, 0.6) is 0 Å². The van der Waals surface area contributed by atoms with Gasteiger partial charge >= 0.3 is 0 Å². The fraction of sp³-hybridized carbons (Fsp3) is 0.357. The highest BCUT2D eigenvalue weighted by atomic mass is 35.5. The Morgan fingerprint density at radius 3 is 2.75 bits per heavy atom. The van der Waals surface area contributed by atoms with E-state index in [-0.39, 0.29) is 5.91 Å². The number of halogens is 1. The van der Waals surface area contributed by atoms with Crippen molar-refractivity contribution in [2.45, 2.75) is 26.2 Å². The normalized spacial score (nSPS) is 10.5. The summed E-state index contributed by atoms with van der Waals surface area (Å²) in [5, 5.41) is 7.61. The number of nitrogens with zero attached hydrogens (tertiary/aromatic N) is 2. The Labute approximate surface area is 127 Å². The van der Waals surface area contributed by atoms with Crippen molar-refractivity contribution < 1.29 is 4.79 Å². The first-order chi connectivity index (χ1) is 9.72. The van der Waals surface area contributed by atoms with Gasteiger partial charge in [0, 0.05) is 17.1 Å². The van der Waals surface area contributed by atoms with E-state index < -0.39 is 0 Å². The van der Waals surface area contributed by atoms with Gasteiger partial charge in [0.2, 0.25) is 0 Å². The van der Waals surface area contributed by atoms with Crippen LogP contribution >= 0.6 is 23.1 Å². The van der Waals surface area contributed by atoms with Crippen LogP contribution < -0.4 is 5.32 Å². The zero-order chi connectivity index (χ0) is 14.4. The summed E-state index contributed by atoms with van der Waals surface area (Å²) in [6.07, 6.45) is 3.24. The number of carbonyl (C=O) groups is 1. The quantitative estimate of drug-likeness (QED) is 0.826. The largest absolute Gasteiger partial charge is 0.351 e. The van der Waals surface area contributed by atoms with Gasteiger partial charge in [-0.3, -0.25) is 4.79 Å². The number of hydrogen-bond donors (Lipinski definition) is 1. The lowest BCUT2D eigenvalue weighted by atomic mass is 10.1. The molecule has 1 amide bonds. The Hall–Kier alpha value is -1.46. The van der Waals surface area contributed by atoms with Crippen LogP contribution in [0.4, 0.5) is 0 Å². The number of rotatable bonds is 6. The van der Waals surface area contributed by atoms with Crippen LogP contribution in [0.25, 0.3) is 11.3 Å². The molecule has 0 unspecified atom stereocenters. The third-order valence-corrected chi connectivity index (χ3v) is 3.85. The highest BCUT2D eigenvalue weighted by molar-refractivity contribution is 7.08. The zero-order valence-electron chi connectivity index (χ0n) is 11.2. The second kappa shape index (κ2) is 7.36.